The summed E-state index contributed by atoms with van der Waals surface area (Å²) in [6, 6.07) is 10.2. The summed E-state index contributed by atoms with van der Waals surface area (Å²) in [6.45, 7) is 4.42. The van der Waals surface area contributed by atoms with Crippen LogP contribution < -0.4 is 4.90 Å². The maximum atomic E-state index is 13.2. The normalized spacial score (nSPS) is 19.6. The lowest BCUT2D eigenvalue weighted by molar-refractivity contribution is -0.129. The number of amides is 1. The van der Waals surface area contributed by atoms with Crippen molar-refractivity contribution in [3.8, 4) is 0 Å². The highest BCUT2D eigenvalue weighted by atomic mass is 16.5. The number of rotatable bonds is 8. The fourth-order valence-electron chi connectivity index (χ4n) is 4.25. The van der Waals surface area contributed by atoms with E-state index in [9.17, 15) is 14.7 Å². The van der Waals surface area contributed by atoms with Crippen LogP contribution in [-0.2, 0) is 9.53 Å². The number of morpholine rings is 1. The first-order chi connectivity index (χ1) is 15.5. The molecule has 1 fully saturated rings. The third kappa shape index (κ3) is 4.42. The lowest BCUT2D eigenvalue weighted by Gasteiger charge is -2.30. The van der Waals surface area contributed by atoms with Crippen molar-refractivity contribution in [3.63, 3.8) is 0 Å². The fourth-order valence-corrected chi connectivity index (χ4v) is 4.25. The zero-order chi connectivity index (χ0) is 22.7. The average Bonchev–Trinajstić information content (AvgIpc) is 3.43. The molecule has 0 radical (unpaired) electrons. The lowest BCUT2D eigenvalue weighted by atomic mass is 9.94. The Balaban J connectivity index is 1.60. The maximum Gasteiger partial charge on any atom is 0.290 e. The highest BCUT2D eigenvalue weighted by Crippen LogP contribution is 2.39. The Kier molecular flexibility index (Phi) is 6.62. The monoisotopic (exact) mass is 439 g/mol. The van der Waals surface area contributed by atoms with Gasteiger partial charge in [0.15, 0.2) is 11.5 Å². The number of anilines is 1. The van der Waals surface area contributed by atoms with Gasteiger partial charge in [0, 0.05) is 46.0 Å². The predicted octanol–water partition coefficient (Wildman–Crippen LogP) is 2.65. The molecule has 0 spiro atoms. The van der Waals surface area contributed by atoms with E-state index >= 15 is 0 Å². The van der Waals surface area contributed by atoms with Crippen LogP contribution in [0.2, 0.25) is 0 Å². The summed E-state index contributed by atoms with van der Waals surface area (Å²) in [5, 5.41) is 10.7. The summed E-state index contributed by atoms with van der Waals surface area (Å²) in [5.74, 6) is -1.40. The van der Waals surface area contributed by atoms with Crippen molar-refractivity contribution < 1.29 is 23.8 Å². The van der Waals surface area contributed by atoms with Crippen LogP contribution in [0.4, 0.5) is 5.69 Å². The number of Topliss-reactive ketones (excluding diaryl/α,β-unsaturated/α-hetero) is 1. The second-order valence-electron chi connectivity index (χ2n) is 8.26. The molecule has 1 amide bonds. The van der Waals surface area contributed by atoms with E-state index in [0.717, 1.165) is 37.3 Å². The molecule has 8 nitrogen and oxygen atoms in total. The maximum absolute atomic E-state index is 13.2. The molecule has 4 rings (SSSR count). The number of benzene rings is 1. The molecule has 1 N–H and O–H groups in total. The molecule has 3 heterocycles. The zero-order valence-electron chi connectivity index (χ0n) is 18.5. The molecule has 1 aromatic carbocycles. The number of aliphatic hydroxyl groups excluding tert-OH is 1. The molecule has 0 saturated carbocycles. The van der Waals surface area contributed by atoms with Crippen molar-refractivity contribution in [2.24, 2.45) is 0 Å². The van der Waals surface area contributed by atoms with Gasteiger partial charge in [0.25, 0.3) is 5.91 Å². The number of furan rings is 1. The van der Waals surface area contributed by atoms with E-state index in [-0.39, 0.29) is 11.3 Å². The number of ketones is 1. The van der Waals surface area contributed by atoms with E-state index < -0.39 is 23.5 Å². The molecule has 170 valence electrons. The molecule has 2 aromatic rings. The van der Waals surface area contributed by atoms with Gasteiger partial charge in [0.2, 0.25) is 5.78 Å². The number of carbonyl (C=O) groups excluding carboxylic acids is 2. The SMILES string of the molecule is CN(C)c1ccc(C2C(C(=O)c3ccco3)=C(O)C(=O)N2CCCN2CCOCC2)cc1. The number of hydrogen-bond acceptors (Lipinski definition) is 7. The van der Waals surface area contributed by atoms with Crippen LogP contribution in [0, 0.1) is 0 Å². The first-order valence-electron chi connectivity index (χ1n) is 10.9. The van der Waals surface area contributed by atoms with Crippen molar-refractivity contribution in [2.75, 3.05) is 58.4 Å². The minimum atomic E-state index is -0.666. The quantitative estimate of drug-likeness (QED) is 0.633. The topological polar surface area (TPSA) is 86.5 Å². The molecule has 0 aliphatic carbocycles. The molecule has 1 aromatic heterocycles. The molecule has 0 bridgehead atoms. The Labute approximate surface area is 187 Å². The van der Waals surface area contributed by atoms with Gasteiger partial charge < -0.3 is 24.1 Å². The number of nitrogens with zero attached hydrogens (tertiary/aromatic N) is 3. The minimum absolute atomic E-state index is 0.0638. The summed E-state index contributed by atoms with van der Waals surface area (Å²) in [6.07, 6.45) is 2.14. The zero-order valence-corrected chi connectivity index (χ0v) is 18.5. The highest BCUT2D eigenvalue weighted by Gasteiger charge is 2.44. The van der Waals surface area contributed by atoms with Crippen molar-refractivity contribution in [3.05, 3.63) is 65.3 Å². The Bertz CT molecular complexity index is 976. The smallest absolute Gasteiger partial charge is 0.290 e. The molecular formula is C24H29N3O5. The van der Waals surface area contributed by atoms with Crippen molar-refractivity contribution >= 4 is 17.4 Å². The molecule has 2 aliphatic heterocycles. The van der Waals surface area contributed by atoms with Crippen molar-refractivity contribution in [1.29, 1.82) is 0 Å². The minimum Gasteiger partial charge on any atom is -0.503 e. The Morgan fingerprint density at radius 3 is 2.47 bits per heavy atom. The first kappa shape index (κ1) is 22.1. The van der Waals surface area contributed by atoms with E-state index in [4.69, 9.17) is 9.15 Å². The summed E-state index contributed by atoms with van der Waals surface area (Å²) in [4.78, 5) is 32.1. The molecule has 1 unspecified atom stereocenters. The number of hydrogen-bond donors (Lipinski definition) is 1. The summed E-state index contributed by atoms with van der Waals surface area (Å²) >= 11 is 0. The van der Waals surface area contributed by atoms with Crippen LogP contribution in [-0.4, -0.2) is 80.1 Å². The second kappa shape index (κ2) is 9.58. The Hall–Kier alpha value is -3.10. The summed E-state index contributed by atoms with van der Waals surface area (Å²) < 4.78 is 10.7. The number of aliphatic hydroxyl groups is 1. The van der Waals surface area contributed by atoms with E-state index in [0.29, 0.717) is 19.8 Å². The van der Waals surface area contributed by atoms with Crippen LogP contribution in [0.1, 0.15) is 28.6 Å². The van der Waals surface area contributed by atoms with Gasteiger partial charge in [-0.05, 0) is 36.2 Å². The van der Waals surface area contributed by atoms with Gasteiger partial charge >= 0.3 is 0 Å². The van der Waals surface area contributed by atoms with Gasteiger partial charge in [-0.3, -0.25) is 14.5 Å². The van der Waals surface area contributed by atoms with Crippen molar-refractivity contribution in [2.45, 2.75) is 12.5 Å². The lowest BCUT2D eigenvalue weighted by Crippen LogP contribution is -2.39. The average molecular weight is 440 g/mol. The van der Waals surface area contributed by atoms with Crippen LogP contribution in [0.5, 0.6) is 0 Å². The van der Waals surface area contributed by atoms with Gasteiger partial charge in [-0.25, -0.2) is 0 Å². The number of carbonyl (C=O) groups is 2. The molecule has 32 heavy (non-hydrogen) atoms. The second-order valence-corrected chi connectivity index (χ2v) is 8.26. The van der Waals surface area contributed by atoms with Gasteiger partial charge in [-0.15, -0.1) is 0 Å². The van der Waals surface area contributed by atoms with E-state index in [1.807, 2.05) is 43.3 Å². The van der Waals surface area contributed by atoms with E-state index in [1.165, 1.54) is 6.26 Å². The van der Waals surface area contributed by atoms with Gasteiger partial charge in [-0.2, -0.15) is 0 Å². The van der Waals surface area contributed by atoms with Crippen LogP contribution in [0.15, 0.2) is 58.4 Å². The molecular weight excluding hydrogens is 410 g/mol. The van der Waals surface area contributed by atoms with E-state index in [1.54, 1.807) is 17.0 Å². The summed E-state index contributed by atoms with van der Waals surface area (Å²) in [5.41, 5.74) is 1.84. The number of ether oxygens (including phenoxy) is 1. The fraction of sp³-hybridized carbons (Fsp3) is 0.417. The van der Waals surface area contributed by atoms with Gasteiger partial charge in [0.1, 0.15) is 0 Å². The molecule has 1 saturated heterocycles. The standard InChI is InChI=1S/C24H29N3O5/c1-25(2)18-8-6-17(7-9-18)21-20(22(28)19-5-3-14-32-19)23(29)24(30)27(21)11-4-10-26-12-15-31-16-13-26/h3,5-9,14,21,29H,4,10-13,15-16H2,1-2H3. The molecule has 8 heteroatoms. The Morgan fingerprint density at radius 1 is 1.12 bits per heavy atom. The van der Waals surface area contributed by atoms with Crippen LogP contribution >= 0.6 is 0 Å². The summed E-state index contributed by atoms with van der Waals surface area (Å²) in [7, 11) is 3.90. The van der Waals surface area contributed by atoms with Gasteiger partial charge in [-0.1, -0.05) is 12.1 Å². The molecule has 2 aliphatic rings. The van der Waals surface area contributed by atoms with Crippen molar-refractivity contribution in [1.82, 2.24) is 9.80 Å². The van der Waals surface area contributed by atoms with E-state index in [2.05, 4.69) is 4.90 Å². The largest absolute Gasteiger partial charge is 0.503 e. The van der Waals surface area contributed by atoms with Crippen LogP contribution in [0.3, 0.4) is 0 Å². The highest BCUT2D eigenvalue weighted by molar-refractivity contribution is 6.15. The third-order valence-electron chi connectivity index (χ3n) is 6.00. The Morgan fingerprint density at radius 2 is 1.84 bits per heavy atom. The third-order valence-corrected chi connectivity index (χ3v) is 6.00. The van der Waals surface area contributed by atoms with Crippen LogP contribution in [0.25, 0.3) is 0 Å². The first-order valence-corrected chi connectivity index (χ1v) is 10.9. The molecule has 1 atom stereocenters. The van der Waals surface area contributed by atoms with Gasteiger partial charge in [0.05, 0.1) is 31.1 Å². The predicted molar refractivity (Wildman–Crippen MR) is 120 cm³/mol.